The molecular weight excluding hydrogens is 315 g/mol. The third-order valence-corrected chi connectivity index (χ3v) is 3.96. The van der Waals surface area contributed by atoms with Crippen LogP contribution >= 0.6 is 0 Å². The molecule has 5 nitrogen and oxygen atoms in total. The van der Waals surface area contributed by atoms with Gasteiger partial charge in [-0.25, -0.2) is 18.0 Å². The maximum absolute atomic E-state index is 13.9. The van der Waals surface area contributed by atoms with E-state index in [-0.39, 0.29) is 24.3 Å². The van der Waals surface area contributed by atoms with Crippen molar-refractivity contribution in [2.45, 2.75) is 38.7 Å². The molecule has 1 atom stereocenters. The Morgan fingerprint density at radius 3 is 2.43 bits per heavy atom. The Morgan fingerprint density at radius 2 is 2.00 bits per heavy atom. The van der Waals surface area contributed by atoms with E-state index < -0.39 is 35.6 Å². The number of hydrogen-bond donors (Lipinski definition) is 2. The number of halogens is 3. The quantitative estimate of drug-likeness (QED) is 0.840. The minimum absolute atomic E-state index is 0.00903. The van der Waals surface area contributed by atoms with E-state index in [2.05, 4.69) is 5.32 Å². The molecule has 2 rings (SSSR count). The van der Waals surface area contributed by atoms with Crippen molar-refractivity contribution in [1.29, 1.82) is 0 Å². The highest BCUT2D eigenvalue weighted by molar-refractivity contribution is 5.96. The van der Waals surface area contributed by atoms with Crippen molar-refractivity contribution in [2.75, 3.05) is 5.32 Å². The van der Waals surface area contributed by atoms with Crippen LogP contribution in [0.15, 0.2) is 18.2 Å². The van der Waals surface area contributed by atoms with E-state index in [0.717, 1.165) is 12.1 Å². The molecule has 1 aliphatic carbocycles. The average Bonchev–Trinajstić information content (AvgIpc) is 2.39. The lowest BCUT2D eigenvalue weighted by molar-refractivity contribution is -0.145. The first kappa shape index (κ1) is 17.1. The number of aliphatic carboxylic acids is 1. The molecule has 8 heteroatoms. The third kappa shape index (κ3) is 3.40. The first-order valence-corrected chi connectivity index (χ1v) is 7.05. The Labute approximate surface area is 130 Å². The van der Waals surface area contributed by atoms with Gasteiger partial charge in [0.05, 0.1) is 0 Å². The van der Waals surface area contributed by atoms with Crippen molar-refractivity contribution in [3.63, 3.8) is 0 Å². The number of carbonyl (C=O) groups excluding carboxylic acids is 1. The molecule has 0 radical (unpaired) electrons. The minimum atomic E-state index is -2.78. The fourth-order valence-electron chi connectivity index (χ4n) is 2.27. The van der Waals surface area contributed by atoms with Crippen LogP contribution in [0, 0.1) is 11.2 Å². The third-order valence-electron chi connectivity index (χ3n) is 3.96. The zero-order chi connectivity index (χ0) is 17.2. The highest BCUT2D eigenvalue weighted by Crippen LogP contribution is 2.46. The lowest BCUT2D eigenvalue weighted by atomic mass is 9.68. The minimum Gasteiger partial charge on any atom is -0.479 e. The molecule has 23 heavy (non-hydrogen) atoms. The molecule has 126 valence electrons. The van der Waals surface area contributed by atoms with Crippen molar-refractivity contribution < 1.29 is 32.6 Å². The summed E-state index contributed by atoms with van der Waals surface area (Å²) < 4.78 is 44.8. The summed E-state index contributed by atoms with van der Waals surface area (Å²) in [6, 6.07) is 3.31. The zero-order valence-electron chi connectivity index (χ0n) is 12.3. The van der Waals surface area contributed by atoms with E-state index in [0.29, 0.717) is 6.42 Å². The predicted molar refractivity (Wildman–Crippen MR) is 75.0 cm³/mol. The van der Waals surface area contributed by atoms with Crippen LogP contribution in [0.1, 0.15) is 26.2 Å². The first-order chi connectivity index (χ1) is 10.8. The van der Waals surface area contributed by atoms with Gasteiger partial charge in [-0.1, -0.05) is 6.42 Å². The highest BCUT2D eigenvalue weighted by atomic mass is 19.3. The summed E-state index contributed by atoms with van der Waals surface area (Å²) >= 11 is 0. The van der Waals surface area contributed by atoms with Gasteiger partial charge in [-0.2, -0.15) is 0 Å². The van der Waals surface area contributed by atoms with E-state index in [9.17, 15) is 22.8 Å². The van der Waals surface area contributed by atoms with Crippen LogP contribution < -0.4 is 10.1 Å². The van der Waals surface area contributed by atoms with Crippen LogP contribution in [-0.4, -0.2) is 29.5 Å². The number of amides is 1. The average molecular weight is 331 g/mol. The lowest BCUT2D eigenvalue weighted by Crippen LogP contribution is -2.47. The van der Waals surface area contributed by atoms with E-state index in [4.69, 9.17) is 9.84 Å². The number of carboxylic acids is 1. The Bertz CT molecular complexity index is 617. The number of ether oxygens (including phenoxy) is 1. The fraction of sp³-hybridized carbons (Fsp3) is 0.467. The van der Waals surface area contributed by atoms with Gasteiger partial charge in [-0.05, 0) is 31.9 Å². The molecule has 1 saturated carbocycles. The van der Waals surface area contributed by atoms with Gasteiger partial charge in [0.1, 0.15) is 5.41 Å². The topological polar surface area (TPSA) is 75.6 Å². The van der Waals surface area contributed by atoms with Gasteiger partial charge in [0, 0.05) is 11.8 Å². The van der Waals surface area contributed by atoms with Gasteiger partial charge < -0.3 is 15.2 Å². The molecule has 1 aromatic rings. The summed E-state index contributed by atoms with van der Waals surface area (Å²) in [5.74, 6) is -3.29. The summed E-state index contributed by atoms with van der Waals surface area (Å²) in [5.41, 5.74) is -1.70. The standard InChI is InChI=1S/C15H16F3NO4/c1-8(12(20)21)23-11-4-3-9(7-10(11)16)19-14(22)15(13(17)18)5-2-6-15/h3-4,7-8,13H,2,5-6H2,1H3,(H,19,22)(H,20,21). The van der Waals surface area contributed by atoms with Gasteiger partial charge in [0.2, 0.25) is 5.91 Å². The van der Waals surface area contributed by atoms with Crippen molar-refractivity contribution in [3.05, 3.63) is 24.0 Å². The molecular formula is C15H16F3NO4. The normalized spacial score (nSPS) is 17.3. The van der Waals surface area contributed by atoms with Gasteiger partial charge >= 0.3 is 5.97 Å². The highest BCUT2D eigenvalue weighted by Gasteiger charge is 2.51. The molecule has 0 saturated heterocycles. The number of rotatable bonds is 6. The van der Waals surface area contributed by atoms with Crippen LogP contribution in [0.25, 0.3) is 0 Å². The van der Waals surface area contributed by atoms with Crippen molar-refractivity contribution in [1.82, 2.24) is 0 Å². The monoisotopic (exact) mass is 331 g/mol. The molecule has 0 aromatic heterocycles. The number of alkyl halides is 2. The molecule has 0 bridgehead atoms. The summed E-state index contributed by atoms with van der Waals surface area (Å²) in [7, 11) is 0. The lowest BCUT2D eigenvalue weighted by Gasteiger charge is -2.39. The SMILES string of the molecule is CC(Oc1ccc(NC(=O)C2(C(F)F)CCC2)cc1F)C(=O)O. The van der Waals surface area contributed by atoms with Gasteiger partial charge in [0.25, 0.3) is 6.43 Å². The Morgan fingerprint density at radius 1 is 1.35 bits per heavy atom. The number of anilines is 1. The molecule has 1 amide bonds. The summed E-state index contributed by atoms with van der Waals surface area (Å²) in [6.45, 7) is 1.24. The van der Waals surface area contributed by atoms with Gasteiger partial charge in [-0.15, -0.1) is 0 Å². The Kier molecular flexibility index (Phi) is 4.82. The number of hydrogen-bond acceptors (Lipinski definition) is 3. The van der Waals surface area contributed by atoms with E-state index in [1.54, 1.807) is 0 Å². The van der Waals surface area contributed by atoms with Gasteiger partial charge in [-0.3, -0.25) is 4.79 Å². The van der Waals surface area contributed by atoms with Crippen molar-refractivity contribution in [2.24, 2.45) is 5.41 Å². The molecule has 1 unspecified atom stereocenters. The molecule has 1 fully saturated rings. The van der Waals surface area contributed by atoms with Crippen LogP contribution in [0.5, 0.6) is 5.75 Å². The molecule has 2 N–H and O–H groups in total. The van der Waals surface area contributed by atoms with Crippen LogP contribution in [-0.2, 0) is 9.59 Å². The smallest absolute Gasteiger partial charge is 0.344 e. The van der Waals surface area contributed by atoms with Crippen LogP contribution in [0.3, 0.4) is 0 Å². The van der Waals surface area contributed by atoms with Crippen LogP contribution in [0.4, 0.5) is 18.9 Å². The van der Waals surface area contributed by atoms with Crippen LogP contribution in [0.2, 0.25) is 0 Å². The number of benzene rings is 1. The van der Waals surface area contributed by atoms with E-state index >= 15 is 0 Å². The number of carbonyl (C=O) groups is 2. The summed E-state index contributed by atoms with van der Waals surface area (Å²) in [5, 5.41) is 11.0. The predicted octanol–water partition coefficient (Wildman–Crippen LogP) is 3.05. The van der Waals surface area contributed by atoms with Crippen molar-refractivity contribution >= 4 is 17.6 Å². The maximum atomic E-state index is 13.9. The van der Waals surface area contributed by atoms with E-state index in [1.807, 2.05) is 0 Å². The molecule has 1 aromatic carbocycles. The zero-order valence-corrected chi connectivity index (χ0v) is 12.3. The van der Waals surface area contributed by atoms with Gasteiger partial charge in [0.15, 0.2) is 17.7 Å². The molecule has 0 aliphatic heterocycles. The second-order valence-corrected chi connectivity index (χ2v) is 5.51. The Balaban J connectivity index is 2.09. The van der Waals surface area contributed by atoms with E-state index in [1.165, 1.54) is 13.0 Å². The maximum Gasteiger partial charge on any atom is 0.344 e. The molecule has 1 aliphatic rings. The molecule has 0 heterocycles. The molecule has 0 spiro atoms. The summed E-state index contributed by atoms with van der Waals surface area (Å²) in [4.78, 5) is 22.7. The largest absolute Gasteiger partial charge is 0.479 e. The fourth-order valence-corrected chi connectivity index (χ4v) is 2.27. The number of carboxylic acid groups (broad SMARTS) is 1. The number of nitrogens with one attached hydrogen (secondary N) is 1. The van der Waals surface area contributed by atoms with Crippen molar-refractivity contribution in [3.8, 4) is 5.75 Å². The summed E-state index contributed by atoms with van der Waals surface area (Å²) in [6.07, 6.45) is -3.29. The second kappa shape index (κ2) is 6.47. The Hall–Kier alpha value is -2.25. The second-order valence-electron chi connectivity index (χ2n) is 5.51. The first-order valence-electron chi connectivity index (χ1n) is 7.05.